The number of hydrogen-bond donors (Lipinski definition) is 1. The lowest BCUT2D eigenvalue weighted by Crippen LogP contribution is -2.45. The molecule has 0 radical (unpaired) electrons. The van der Waals surface area contributed by atoms with Crippen molar-refractivity contribution in [3.05, 3.63) is 11.7 Å². The van der Waals surface area contributed by atoms with Crippen LogP contribution in [0.1, 0.15) is 49.4 Å². The molecule has 21 heavy (non-hydrogen) atoms. The van der Waals surface area contributed by atoms with Crippen LogP contribution in [0.25, 0.3) is 0 Å². The summed E-state index contributed by atoms with van der Waals surface area (Å²) in [6.45, 7) is 3.81. The van der Waals surface area contributed by atoms with Gasteiger partial charge in [0, 0.05) is 25.6 Å². The first-order chi connectivity index (χ1) is 10.2. The summed E-state index contributed by atoms with van der Waals surface area (Å²) in [7, 11) is 4.28. The lowest BCUT2D eigenvalue weighted by Gasteiger charge is -2.35. The molecule has 1 aliphatic heterocycles. The van der Waals surface area contributed by atoms with Gasteiger partial charge < -0.3 is 15.2 Å². The van der Waals surface area contributed by atoms with E-state index in [4.69, 9.17) is 15.2 Å². The van der Waals surface area contributed by atoms with E-state index in [9.17, 15) is 0 Å². The molecule has 3 atom stereocenters. The summed E-state index contributed by atoms with van der Waals surface area (Å²) in [5.74, 6) is 2.50. The van der Waals surface area contributed by atoms with Crippen molar-refractivity contribution in [3.63, 3.8) is 0 Å². The van der Waals surface area contributed by atoms with Crippen molar-refractivity contribution in [1.29, 1.82) is 0 Å². The normalized spacial score (nSPS) is 32.4. The third kappa shape index (κ3) is 3.12. The van der Waals surface area contributed by atoms with Crippen LogP contribution in [0.2, 0.25) is 0 Å². The molecule has 3 rings (SSSR count). The Hall–Kier alpha value is -0.980. The molecule has 1 aromatic heterocycles. The van der Waals surface area contributed by atoms with Crippen molar-refractivity contribution in [1.82, 2.24) is 19.9 Å². The second-order valence-corrected chi connectivity index (χ2v) is 6.64. The molecule has 0 amide bonds. The lowest BCUT2D eigenvalue weighted by atomic mass is 9.79. The molecule has 1 aliphatic carbocycles. The quantitative estimate of drug-likeness (QED) is 0.903. The third-order valence-corrected chi connectivity index (χ3v) is 5.14. The predicted molar refractivity (Wildman–Crippen MR) is 80.9 cm³/mol. The van der Waals surface area contributed by atoms with Gasteiger partial charge in [0.2, 0.25) is 5.89 Å². The Morgan fingerprint density at radius 2 is 2.05 bits per heavy atom. The maximum Gasteiger partial charge on any atom is 0.230 e. The van der Waals surface area contributed by atoms with Crippen molar-refractivity contribution < 1.29 is 4.52 Å². The number of nitrogens with two attached hydrogens (primary N) is 1. The summed E-state index contributed by atoms with van der Waals surface area (Å²) in [5.41, 5.74) is 5.92. The minimum Gasteiger partial charge on any atom is -0.339 e. The molecule has 0 bridgehead atoms. The topological polar surface area (TPSA) is 71.4 Å². The summed E-state index contributed by atoms with van der Waals surface area (Å²) in [6.07, 6.45) is 4.83. The number of hydrogen-bond acceptors (Lipinski definition) is 6. The molecule has 1 aromatic rings. The van der Waals surface area contributed by atoms with E-state index >= 15 is 0 Å². The van der Waals surface area contributed by atoms with Gasteiger partial charge in [-0.25, -0.2) is 0 Å². The van der Waals surface area contributed by atoms with Crippen molar-refractivity contribution in [2.45, 2.75) is 37.6 Å². The molecular formula is C15H27N5O. The molecule has 0 aromatic carbocycles. The minimum atomic E-state index is 0.237. The largest absolute Gasteiger partial charge is 0.339 e. The Balaban J connectivity index is 1.76. The zero-order chi connectivity index (χ0) is 14.8. The molecule has 2 aliphatic rings. The number of piperazine rings is 1. The minimum absolute atomic E-state index is 0.237. The van der Waals surface area contributed by atoms with E-state index in [0.29, 0.717) is 18.4 Å². The maximum atomic E-state index is 5.92. The fourth-order valence-corrected chi connectivity index (χ4v) is 3.64. The SMILES string of the molecule is CN1CCN(C)C(c2noc(C3CCCCC3CN)n2)C1. The van der Waals surface area contributed by atoms with Gasteiger partial charge in [-0.15, -0.1) is 0 Å². The molecule has 6 heteroatoms. The summed E-state index contributed by atoms with van der Waals surface area (Å²) in [6, 6.07) is 0.237. The average molecular weight is 293 g/mol. The van der Waals surface area contributed by atoms with Crippen molar-refractivity contribution in [3.8, 4) is 0 Å². The van der Waals surface area contributed by atoms with Crippen LogP contribution in [0.4, 0.5) is 0 Å². The zero-order valence-corrected chi connectivity index (χ0v) is 13.2. The van der Waals surface area contributed by atoms with E-state index in [-0.39, 0.29) is 6.04 Å². The van der Waals surface area contributed by atoms with E-state index in [1.54, 1.807) is 0 Å². The highest BCUT2D eigenvalue weighted by Gasteiger charge is 2.33. The van der Waals surface area contributed by atoms with E-state index < -0.39 is 0 Å². The molecule has 6 nitrogen and oxygen atoms in total. The van der Waals surface area contributed by atoms with Gasteiger partial charge >= 0.3 is 0 Å². The fourth-order valence-electron chi connectivity index (χ4n) is 3.64. The van der Waals surface area contributed by atoms with Gasteiger partial charge in [0.1, 0.15) is 0 Å². The summed E-state index contributed by atoms with van der Waals surface area (Å²) in [4.78, 5) is 9.38. The van der Waals surface area contributed by atoms with Gasteiger partial charge in [-0.2, -0.15) is 4.98 Å². The van der Waals surface area contributed by atoms with Gasteiger partial charge in [-0.1, -0.05) is 18.0 Å². The highest BCUT2D eigenvalue weighted by molar-refractivity contribution is 5.03. The number of nitrogens with zero attached hydrogens (tertiary/aromatic N) is 4. The van der Waals surface area contributed by atoms with Crippen molar-refractivity contribution in [2.75, 3.05) is 40.3 Å². The average Bonchev–Trinajstić information content (AvgIpc) is 2.99. The van der Waals surface area contributed by atoms with Crippen LogP contribution >= 0.6 is 0 Å². The molecule has 1 saturated carbocycles. The standard InChI is InChI=1S/C15H27N5O/c1-19-7-8-20(2)13(10-19)14-17-15(21-18-14)12-6-4-3-5-11(12)9-16/h11-13H,3-10,16H2,1-2H3. The molecule has 118 valence electrons. The van der Waals surface area contributed by atoms with Crippen LogP contribution in [-0.4, -0.2) is 60.2 Å². The number of rotatable bonds is 3. The van der Waals surface area contributed by atoms with Crippen LogP contribution in [0.5, 0.6) is 0 Å². The molecular weight excluding hydrogens is 266 g/mol. The Morgan fingerprint density at radius 3 is 2.86 bits per heavy atom. The molecule has 2 N–H and O–H groups in total. The predicted octanol–water partition coefficient (Wildman–Crippen LogP) is 1.22. The van der Waals surface area contributed by atoms with Gasteiger partial charge in [0.15, 0.2) is 5.82 Å². The Labute approximate surface area is 126 Å². The van der Waals surface area contributed by atoms with Crippen LogP contribution < -0.4 is 5.73 Å². The van der Waals surface area contributed by atoms with Gasteiger partial charge in [-0.05, 0) is 39.4 Å². The number of aromatic nitrogens is 2. The molecule has 0 spiro atoms. The van der Waals surface area contributed by atoms with Crippen LogP contribution in [-0.2, 0) is 0 Å². The van der Waals surface area contributed by atoms with E-state index in [0.717, 1.165) is 37.8 Å². The third-order valence-electron chi connectivity index (χ3n) is 5.14. The van der Waals surface area contributed by atoms with Crippen LogP contribution in [0, 0.1) is 5.92 Å². The Kier molecular flexibility index (Phi) is 4.57. The van der Waals surface area contributed by atoms with Gasteiger partial charge in [0.25, 0.3) is 0 Å². The second-order valence-electron chi connectivity index (χ2n) is 6.64. The van der Waals surface area contributed by atoms with Crippen molar-refractivity contribution >= 4 is 0 Å². The zero-order valence-electron chi connectivity index (χ0n) is 13.2. The maximum absolute atomic E-state index is 5.92. The van der Waals surface area contributed by atoms with Gasteiger partial charge in [-0.3, -0.25) is 4.90 Å². The lowest BCUT2D eigenvalue weighted by molar-refractivity contribution is 0.108. The summed E-state index contributed by atoms with van der Waals surface area (Å²) in [5, 5.41) is 4.27. The molecule has 1 saturated heterocycles. The fraction of sp³-hybridized carbons (Fsp3) is 0.867. The van der Waals surface area contributed by atoms with E-state index in [2.05, 4.69) is 29.1 Å². The first-order valence-corrected chi connectivity index (χ1v) is 8.11. The molecule has 3 unspecified atom stereocenters. The monoisotopic (exact) mass is 293 g/mol. The molecule has 2 fully saturated rings. The first-order valence-electron chi connectivity index (χ1n) is 8.11. The Morgan fingerprint density at radius 1 is 1.24 bits per heavy atom. The molecule has 2 heterocycles. The van der Waals surface area contributed by atoms with Crippen molar-refractivity contribution in [2.24, 2.45) is 11.7 Å². The smallest absolute Gasteiger partial charge is 0.230 e. The highest BCUT2D eigenvalue weighted by Crippen LogP contribution is 2.37. The van der Waals surface area contributed by atoms with E-state index in [1.807, 2.05) is 0 Å². The van der Waals surface area contributed by atoms with Gasteiger partial charge in [0.05, 0.1) is 6.04 Å². The van der Waals surface area contributed by atoms with Crippen LogP contribution in [0.15, 0.2) is 4.52 Å². The highest BCUT2D eigenvalue weighted by atomic mass is 16.5. The summed E-state index contributed by atoms with van der Waals surface area (Å²) >= 11 is 0. The van der Waals surface area contributed by atoms with E-state index in [1.165, 1.54) is 19.3 Å². The number of likely N-dealkylation sites (N-methyl/N-ethyl adjacent to an activating group) is 2. The van der Waals surface area contributed by atoms with Crippen LogP contribution in [0.3, 0.4) is 0 Å². The summed E-state index contributed by atoms with van der Waals surface area (Å²) < 4.78 is 5.61. The second kappa shape index (κ2) is 6.42. The Bertz CT molecular complexity index is 446. The first kappa shape index (κ1) is 14.9.